The van der Waals surface area contributed by atoms with Gasteiger partial charge in [-0.25, -0.2) is 17.2 Å². The summed E-state index contributed by atoms with van der Waals surface area (Å²) in [7, 11) is -3.87. The van der Waals surface area contributed by atoms with Gasteiger partial charge in [-0.05, 0) is 17.7 Å². The van der Waals surface area contributed by atoms with Crippen LogP contribution in [-0.4, -0.2) is 27.2 Å². The van der Waals surface area contributed by atoms with E-state index in [0.717, 1.165) is 5.56 Å². The van der Waals surface area contributed by atoms with Crippen molar-refractivity contribution in [3.05, 3.63) is 29.8 Å². The van der Waals surface area contributed by atoms with E-state index >= 15 is 0 Å². The lowest BCUT2D eigenvalue weighted by molar-refractivity contribution is 0.174. The molecule has 1 atom stereocenters. The average molecular weight is 248 g/mol. The first-order chi connectivity index (χ1) is 7.49. The molecule has 0 bridgehead atoms. The average Bonchev–Trinajstić information content (AvgIpc) is 2.99. The SMILES string of the molecule is O=S(=O)(CC(F)F)c1ccc([C@@H]2CO2)cc1. The Kier molecular flexibility index (Phi) is 2.94. The van der Waals surface area contributed by atoms with E-state index in [1.54, 1.807) is 12.1 Å². The second kappa shape index (κ2) is 4.10. The number of ether oxygens (including phenoxy) is 1. The number of alkyl halides is 2. The second-order valence-electron chi connectivity index (χ2n) is 3.56. The first-order valence-corrected chi connectivity index (χ1v) is 6.37. The van der Waals surface area contributed by atoms with Crippen LogP contribution in [0.15, 0.2) is 29.2 Å². The minimum atomic E-state index is -3.87. The van der Waals surface area contributed by atoms with Crippen LogP contribution in [0, 0.1) is 0 Å². The van der Waals surface area contributed by atoms with Crippen molar-refractivity contribution in [2.45, 2.75) is 17.4 Å². The molecule has 0 saturated carbocycles. The molecule has 6 heteroatoms. The maximum absolute atomic E-state index is 12.0. The van der Waals surface area contributed by atoms with Crippen LogP contribution in [0.4, 0.5) is 8.78 Å². The summed E-state index contributed by atoms with van der Waals surface area (Å²) in [4.78, 5) is -0.0720. The third-order valence-electron chi connectivity index (χ3n) is 2.29. The largest absolute Gasteiger partial charge is 0.368 e. The quantitative estimate of drug-likeness (QED) is 0.763. The van der Waals surface area contributed by atoms with Gasteiger partial charge in [-0.1, -0.05) is 12.1 Å². The molecule has 16 heavy (non-hydrogen) atoms. The highest BCUT2D eigenvalue weighted by atomic mass is 32.2. The maximum Gasteiger partial charge on any atom is 0.252 e. The highest BCUT2D eigenvalue weighted by Gasteiger charge is 2.26. The number of epoxide rings is 1. The molecule has 0 spiro atoms. The van der Waals surface area contributed by atoms with Gasteiger partial charge in [0.1, 0.15) is 11.9 Å². The number of halogens is 2. The van der Waals surface area contributed by atoms with E-state index in [1.165, 1.54) is 12.1 Å². The maximum atomic E-state index is 12.0. The van der Waals surface area contributed by atoms with Crippen molar-refractivity contribution in [2.24, 2.45) is 0 Å². The van der Waals surface area contributed by atoms with Gasteiger partial charge in [0.15, 0.2) is 9.84 Å². The molecule has 0 unspecified atom stereocenters. The summed E-state index contributed by atoms with van der Waals surface area (Å²) in [6.45, 7) is 0.628. The lowest BCUT2D eigenvalue weighted by atomic mass is 10.2. The van der Waals surface area contributed by atoms with E-state index in [9.17, 15) is 17.2 Å². The number of sulfone groups is 1. The predicted molar refractivity (Wildman–Crippen MR) is 53.2 cm³/mol. The third-order valence-corrected chi connectivity index (χ3v) is 3.97. The summed E-state index contributed by atoms with van der Waals surface area (Å²) in [6, 6.07) is 5.87. The molecule has 1 aromatic rings. The Morgan fingerprint density at radius 1 is 1.31 bits per heavy atom. The van der Waals surface area contributed by atoms with Crippen molar-refractivity contribution in [3.8, 4) is 0 Å². The van der Waals surface area contributed by atoms with Gasteiger partial charge in [0, 0.05) is 0 Å². The molecule has 1 heterocycles. The zero-order valence-electron chi connectivity index (χ0n) is 8.27. The first-order valence-electron chi connectivity index (χ1n) is 4.71. The Labute approximate surface area is 92.0 Å². The van der Waals surface area contributed by atoms with Crippen LogP contribution in [0.1, 0.15) is 11.7 Å². The van der Waals surface area contributed by atoms with Gasteiger partial charge in [0.05, 0.1) is 11.5 Å². The smallest absolute Gasteiger partial charge is 0.252 e. The highest BCUT2D eigenvalue weighted by molar-refractivity contribution is 7.91. The summed E-state index contributed by atoms with van der Waals surface area (Å²) in [5.74, 6) is -1.13. The van der Waals surface area contributed by atoms with Crippen molar-refractivity contribution < 1.29 is 21.9 Å². The Morgan fingerprint density at radius 2 is 1.88 bits per heavy atom. The lowest BCUT2D eigenvalue weighted by Gasteiger charge is -2.04. The third kappa shape index (κ3) is 2.56. The summed E-state index contributed by atoms with van der Waals surface area (Å²) in [6.07, 6.45) is -2.82. The molecule has 1 aliphatic rings. The molecule has 0 aromatic heterocycles. The summed E-state index contributed by atoms with van der Waals surface area (Å²) >= 11 is 0. The van der Waals surface area contributed by atoms with Crippen LogP contribution < -0.4 is 0 Å². The van der Waals surface area contributed by atoms with Crippen LogP contribution in [0.5, 0.6) is 0 Å². The molecule has 2 rings (SSSR count). The van der Waals surface area contributed by atoms with E-state index in [1.807, 2.05) is 0 Å². The van der Waals surface area contributed by atoms with Gasteiger partial charge in [0.2, 0.25) is 0 Å². The predicted octanol–water partition coefficient (Wildman–Crippen LogP) is 1.80. The Morgan fingerprint density at radius 3 is 2.31 bits per heavy atom. The topological polar surface area (TPSA) is 46.7 Å². The number of rotatable bonds is 4. The Balaban J connectivity index is 2.20. The molecular weight excluding hydrogens is 238 g/mol. The number of benzene rings is 1. The summed E-state index contributed by atoms with van der Waals surface area (Å²) in [5.41, 5.74) is 0.871. The minimum absolute atomic E-state index is 0.0341. The second-order valence-corrected chi connectivity index (χ2v) is 5.60. The minimum Gasteiger partial charge on any atom is -0.368 e. The van der Waals surface area contributed by atoms with Crippen molar-refractivity contribution in [3.63, 3.8) is 0 Å². The highest BCUT2D eigenvalue weighted by Crippen LogP contribution is 2.30. The van der Waals surface area contributed by atoms with E-state index in [2.05, 4.69) is 0 Å². The van der Waals surface area contributed by atoms with Crippen molar-refractivity contribution in [2.75, 3.05) is 12.4 Å². The van der Waals surface area contributed by atoms with E-state index < -0.39 is 22.0 Å². The molecule has 0 N–H and O–H groups in total. The summed E-state index contributed by atoms with van der Waals surface area (Å²) in [5, 5.41) is 0. The fourth-order valence-electron chi connectivity index (χ4n) is 1.39. The Bertz CT molecular complexity index is 463. The number of hydrogen-bond donors (Lipinski definition) is 0. The first kappa shape index (κ1) is 11.5. The van der Waals surface area contributed by atoms with Crippen molar-refractivity contribution in [1.29, 1.82) is 0 Å². The van der Waals surface area contributed by atoms with Gasteiger partial charge in [-0.15, -0.1) is 0 Å². The van der Waals surface area contributed by atoms with Gasteiger partial charge < -0.3 is 4.74 Å². The molecular formula is C10H10F2O3S. The van der Waals surface area contributed by atoms with E-state index in [-0.39, 0.29) is 11.0 Å². The molecule has 3 nitrogen and oxygen atoms in total. The van der Waals surface area contributed by atoms with Crippen molar-refractivity contribution in [1.82, 2.24) is 0 Å². The molecule has 1 aromatic carbocycles. The van der Waals surface area contributed by atoms with Gasteiger partial charge in [0.25, 0.3) is 6.43 Å². The molecule has 0 aliphatic carbocycles. The monoisotopic (exact) mass is 248 g/mol. The van der Waals surface area contributed by atoms with E-state index in [0.29, 0.717) is 6.61 Å². The van der Waals surface area contributed by atoms with Crippen LogP contribution >= 0.6 is 0 Å². The molecule has 1 aliphatic heterocycles. The van der Waals surface area contributed by atoms with Crippen LogP contribution in [-0.2, 0) is 14.6 Å². The van der Waals surface area contributed by atoms with Gasteiger partial charge in [-0.2, -0.15) is 0 Å². The molecule has 0 radical (unpaired) electrons. The van der Waals surface area contributed by atoms with Crippen LogP contribution in [0.3, 0.4) is 0 Å². The zero-order chi connectivity index (χ0) is 11.8. The number of hydrogen-bond acceptors (Lipinski definition) is 3. The lowest BCUT2D eigenvalue weighted by Crippen LogP contribution is -2.13. The van der Waals surface area contributed by atoms with Gasteiger partial charge in [-0.3, -0.25) is 0 Å². The van der Waals surface area contributed by atoms with Crippen molar-refractivity contribution >= 4 is 9.84 Å². The zero-order valence-corrected chi connectivity index (χ0v) is 9.08. The van der Waals surface area contributed by atoms with Crippen LogP contribution in [0.25, 0.3) is 0 Å². The molecule has 0 amide bonds. The summed E-state index contributed by atoms with van der Waals surface area (Å²) < 4.78 is 51.9. The normalized spacial score (nSPS) is 20.1. The van der Waals surface area contributed by atoms with Gasteiger partial charge >= 0.3 is 0 Å². The van der Waals surface area contributed by atoms with Crippen LogP contribution in [0.2, 0.25) is 0 Å². The van der Waals surface area contributed by atoms with E-state index in [4.69, 9.17) is 4.74 Å². The molecule has 88 valence electrons. The molecule has 1 saturated heterocycles. The standard InChI is InChI=1S/C10H10F2O3S/c11-10(12)6-16(13,14)8-3-1-7(2-4-8)9-5-15-9/h1-4,9-10H,5-6H2/t9-/m0/s1. The molecule has 1 fully saturated rings. The fourth-order valence-corrected chi connectivity index (χ4v) is 2.47. The Hall–Kier alpha value is -1.01. The fraction of sp³-hybridized carbons (Fsp3) is 0.400.